The van der Waals surface area contributed by atoms with Crippen LogP contribution < -0.4 is 5.73 Å². The molecule has 1 aromatic heterocycles. The van der Waals surface area contributed by atoms with Gasteiger partial charge in [-0.15, -0.1) is 0 Å². The van der Waals surface area contributed by atoms with Crippen molar-refractivity contribution in [1.29, 1.82) is 0 Å². The fraction of sp³-hybridized carbons (Fsp3) is 0.727. The molecule has 0 saturated carbocycles. The molecule has 0 spiro atoms. The molecule has 1 rings (SSSR count). The van der Waals surface area contributed by atoms with Crippen LogP contribution in [-0.4, -0.2) is 22.3 Å². The van der Waals surface area contributed by atoms with E-state index in [-0.39, 0.29) is 18.4 Å². The molecule has 1 aromatic rings. The van der Waals surface area contributed by atoms with E-state index < -0.39 is 12.6 Å². The number of aryl methyl sites for hydroxylation is 1. The Morgan fingerprint density at radius 1 is 1.41 bits per heavy atom. The van der Waals surface area contributed by atoms with E-state index in [1.807, 2.05) is 13.8 Å². The molecule has 0 aliphatic rings. The van der Waals surface area contributed by atoms with Crippen molar-refractivity contribution in [3.05, 3.63) is 18.2 Å². The van der Waals surface area contributed by atoms with Crippen molar-refractivity contribution in [1.82, 2.24) is 9.55 Å². The van der Waals surface area contributed by atoms with E-state index in [0.717, 1.165) is 5.69 Å². The molecule has 0 saturated heterocycles. The van der Waals surface area contributed by atoms with E-state index in [1.165, 1.54) is 6.33 Å². The highest BCUT2D eigenvalue weighted by Gasteiger charge is 2.27. The van der Waals surface area contributed by atoms with E-state index >= 15 is 0 Å². The molecule has 1 unspecified atom stereocenters. The Balaban J connectivity index is 2.78. The molecule has 98 valence electrons. The Morgan fingerprint density at radius 3 is 2.53 bits per heavy atom. The standard InChI is InChI=1S/C11H18F3N3/c1-8(2)9(5-15)10-6-16-7-17(10)4-3-11(12,13)14/h6-9H,3-5,15H2,1-2H3. The molecule has 0 aliphatic heterocycles. The van der Waals surface area contributed by atoms with Gasteiger partial charge in [0, 0.05) is 30.9 Å². The van der Waals surface area contributed by atoms with E-state index in [0.29, 0.717) is 6.54 Å². The summed E-state index contributed by atoms with van der Waals surface area (Å²) in [6.45, 7) is 4.31. The first kappa shape index (κ1) is 14.0. The highest BCUT2D eigenvalue weighted by molar-refractivity contribution is 5.08. The predicted molar refractivity (Wildman–Crippen MR) is 59.5 cm³/mol. The number of nitrogens with zero attached hydrogens (tertiary/aromatic N) is 2. The summed E-state index contributed by atoms with van der Waals surface area (Å²) in [7, 11) is 0. The number of hydrogen-bond donors (Lipinski definition) is 1. The summed E-state index contributed by atoms with van der Waals surface area (Å²) < 4.78 is 38.0. The minimum Gasteiger partial charge on any atom is -0.334 e. The van der Waals surface area contributed by atoms with Crippen molar-refractivity contribution < 1.29 is 13.2 Å². The summed E-state index contributed by atoms with van der Waals surface area (Å²) in [5.41, 5.74) is 6.44. The maximum absolute atomic E-state index is 12.2. The first-order valence-electron chi connectivity index (χ1n) is 5.62. The SMILES string of the molecule is CC(C)C(CN)c1cncn1CCC(F)(F)F. The van der Waals surface area contributed by atoms with Crippen LogP contribution in [0.25, 0.3) is 0 Å². The van der Waals surface area contributed by atoms with Gasteiger partial charge in [0.15, 0.2) is 0 Å². The van der Waals surface area contributed by atoms with Gasteiger partial charge in [-0.1, -0.05) is 13.8 Å². The smallest absolute Gasteiger partial charge is 0.334 e. The minimum atomic E-state index is -4.14. The van der Waals surface area contributed by atoms with E-state index in [1.54, 1.807) is 10.8 Å². The van der Waals surface area contributed by atoms with Gasteiger partial charge in [-0.2, -0.15) is 13.2 Å². The van der Waals surface area contributed by atoms with Crippen LogP contribution in [0.3, 0.4) is 0 Å². The van der Waals surface area contributed by atoms with Gasteiger partial charge in [-0.05, 0) is 5.92 Å². The lowest BCUT2D eigenvalue weighted by Gasteiger charge is -2.20. The van der Waals surface area contributed by atoms with Gasteiger partial charge in [0.05, 0.1) is 12.7 Å². The monoisotopic (exact) mass is 249 g/mol. The van der Waals surface area contributed by atoms with Crippen molar-refractivity contribution in [2.24, 2.45) is 11.7 Å². The second-order valence-electron chi connectivity index (χ2n) is 4.46. The topological polar surface area (TPSA) is 43.8 Å². The number of aromatic nitrogens is 2. The quantitative estimate of drug-likeness (QED) is 0.871. The zero-order valence-electron chi connectivity index (χ0n) is 10.0. The zero-order valence-corrected chi connectivity index (χ0v) is 10.0. The lowest BCUT2D eigenvalue weighted by molar-refractivity contribution is -0.136. The fourth-order valence-electron chi connectivity index (χ4n) is 1.81. The molecule has 0 aliphatic carbocycles. The number of rotatable bonds is 5. The summed E-state index contributed by atoms with van der Waals surface area (Å²) in [4.78, 5) is 3.91. The molecule has 6 heteroatoms. The third-order valence-electron chi connectivity index (χ3n) is 2.82. The number of imidazole rings is 1. The van der Waals surface area contributed by atoms with Gasteiger partial charge in [0.25, 0.3) is 0 Å². The highest BCUT2D eigenvalue weighted by Crippen LogP contribution is 2.25. The molecular formula is C11H18F3N3. The molecule has 0 amide bonds. The molecule has 3 nitrogen and oxygen atoms in total. The fourth-order valence-corrected chi connectivity index (χ4v) is 1.81. The second kappa shape index (κ2) is 5.53. The van der Waals surface area contributed by atoms with Crippen LogP contribution >= 0.6 is 0 Å². The van der Waals surface area contributed by atoms with E-state index in [2.05, 4.69) is 4.98 Å². The molecule has 2 N–H and O–H groups in total. The molecule has 17 heavy (non-hydrogen) atoms. The van der Waals surface area contributed by atoms with Gasteiger partial charge >= 0.3 is 6.18 Å². The predicted octanol–water partition coefficient (Wildman–Crippen LogP) is 2.53. The number of hydrogen-bond acceptors (Lipinski definition) is 2. The first-order chi connectivity index (χ1) is 7.85. The normalized spacial score (nSPS) is 14.3. The van der Waals surface area contributed by atoms with Crippen molar-refractivity contribution in [3.63, 3.8) is 0 Å². The Bertz CT molecular complexity index is 344. The molecule has 0 radical (unpaired) electrons. The average Bonchev–Trinajstić information content (AvgIpc) is 2.62. The average molecular weight is 249 g/mol. The van der Waals surface area contributed by atoms with Crippen molar-refractivity contribution in [3.8, 4) is 0 Å². The number of halogens is 3. The summed E-state index contributed by atoms with van der Waals surface area (Å²) in [6, 6.07) is 0. The lowest BCUT2D eigenvalue weighted by Crippen LogP contribution is -2.22. The summed E-state index contributed by atoms with van der Waals surface area (Å²) >= 11 is 0. The van der Waals surface area contributed by atoms with Crippen molar-refractivity contribution in [2.75, 3.05) is 6.54 Å². The summed E-state index contributed by atoms with van der Waals surface area (Å²) in [5, 5.41) is 0. The van der Waals surface area contributed by atoms with Crippen LogP contribution in [0, 0.1) is 5.92 Å². The molecule has 0 bridgehead atoms. The van der Waals surface area contributed by atoms with Crippen LogP contribution in [0.4, 0.5) is 13.2 Å². The van der Waals surface area contributed by atoms with E-state index in [9.17, 15) is 13.2 Å². The Morgan fingerprint density at radius 2 is 2.06 bits per heavy atom. The van der Waals surface area contributed by atoms with Crippen LogP contribution in [-0.2, 0) is 6.54 Å². The van der Waals surface area contributed by atoms with Gasteiger partial charge < -0.3 is 10.3 Å². The van der Waals surface area contributed by atoms with Crippen LogP contribution in [0.2, 0.25) is 0 Å². The maximum atomic E-state index is 12.2. The van der Waals surface area contributed by atoms with Crippen molar-refractivity contribution >= 4 is 0 Å². The lowest BCUT2D eigenvalue weighted by atomic mass is 9.93. The maximum Gasteiger partial charge on any atom is 0.390 e. The summed E-state index contributed by atoms with van der Waals surface area (Å²) in [5.74, 6) is 0.326. The van der Waals surface area contributed by atoms with Crippen LogP contribution in [0.5, 0.6) is 0 Å². The minimum absolute atomic E-state index is 0.0470. The number of alkyl halides is 3. The van der Waals surface area contributed by atoms with Gasteiger partial charge in [0.1, 0.15) is 0 Å². The van der Waals surface area contributed by atoms with Gasteiger partial charge in [-0.3, -0.25) is 0 Å². The third kappa shape index (κ3) is 4.03. The molecule has 0 aromatic carbocycles. The number of nitrogens with two attached hydrogens (primary N) is 1. The van der Waals surface area contributed by atoms with Gasteiger partial charge in [0.2, 0.25) is 0 Å². The van der Waals surface area contributed by atoms with Crippen molar-refractivity contribution in [2.45, 2.75) is 38.9 Å². The second-order valence-corrected chi connectivity index (χ2v) is 4.46. The Labute approximate surface area is 98.8 Å². The molecule has 1 atom stereocenters. The Kier molecular flexibility index (Phi) is 4.56. The third-order valence-corrected chi connectivity index (χ3v) is 2.82. The van der Waals surface area contributed by atoms with E-state index in [4.69, 9.17) is 5.73 Å². The Hall–Kier alpha value is -1.04. The zero-order chi connectivity index (χ0) is 13.1. The highest BCUT2D eigenvalue weighted by atomic mass is 19.4. The summed E-state index contributed by atoms with van der Waals surface area (Å²) in [6.07, 6.45) is -1.94. The largest absolute Gasteiger partial charge is 0.390 e. The van der Waals surface area contributed by atoms with Crippen LogP contribution in [0.1, 0.15) is 31.9 Å². The molecule has 1 heterocycles. The molecular weight excluding hydrogens is 231 g/mol. The molecule has 0 fully saturated rings. The van der Waals surface area contributed by atoms with Gasteiger partial charge in [-0.25, -0.2) is 4.98 Å². The first-order valence-corrected chi connectivity index (χ1v) is 5.62. The van der Waals surface area contributed by atoms with Crippen LogP contribution in [0.15, 0.2) is 12.5 Å².